The summed E-state index contributed by atoms with van der Waals surface area (Å²) < 4.78 is 0. The molecule has 0 unspecified atom stereocenters. The van der Waals surface area contributed by atoms with Gasteiger partial charge in [-0.25, -0.2) is 9.97 Å². The fraction of sp³-hybridized carbons (Fsp3) is 0.692. The number of hydrogen-bond donors (Lipinski definition) is 1. The maximum absolute atomic E-state index is 4.53. The second-order valence-corrected chi connectivity index (χ2v) is 5.70. The molecule has 0 saturated heterocycles. The van der Waals surface area contributed by atoms with Crippen molar-refractivity contribution in [1.82, 2.24) is 9.97 Å². The predicted molar refractivity (Wildman–Crippen MR) is 73.6 cm³/mol. The highest BCUT2D eigenvalue weighted by atomic mass is 32.2. The Morgan fingerprint density at radius 1 is 1.35 bits per heavy atom. The van der Waals surface area contributed by atoms with Gasteiger partial charge in [-0.2, -0.15) is 0 Å². The van der Waals surface area contributed by atoms with E-state index in [9.17, 15) is 0 Å². The summed E-state index contributed by atoms with van der Waals surface area (Å²) in [6, 6.07) is 2.08. The van der Waals surface area contributed by atoms with Gasteiger partial charge >= 0.3 is 0 Å². The van der Waals surface area contributed by atoms with Crippen LogP contribution in [0.15, 0.2) is 11.1 Å². The van der Waals surface area contributed by atoms with Crippen molar-refractivity contribution in [3.8, 4) is 0 Å². The van der Waals surface area contributed by atoms with Gasteiger partial charge in [0.25, 0.3) is 0 Å². The summed E-state index contributed by atoms with van der Waals surface area (Å²) in [5, 5.41) is 4.29. The first-order chi connectivity index (χ1) is 8.28. The molecule has 0 radical (unpaired) electrons. The van der Waals surface area contributed by atoms with Crippen LogP contribution in [-0.4, -0.2) is 22.3 Å². The summed E-state index contributed by atoms with van der Waals surface area (Å²) in [4.78, 5) is 8.89. The molecule has 0 aliphatic heterocycles. The monoisotopic (exact) mass is 251 g/mol. The van der Waals surface area contributed by atoms with Gasteiger partial charge in [-0.1, -0.05) is 12.8 Å². The van der Waals surface area contributed by atoms with Crippen LogP contribution < -0.4 is 5.32 Å². The third kappa shape index (κ3) is 3.87. The maximum Gasteiger partial charge on any atom is 0.223 e. The maximum atomic E-state index is 4.53. The molecular weight excluding hydrogens is 230 g/mol. The molecule has 0 aromatic carbocycles. The van der Waals surface area contributed by atoms with E-state index in [0.717, 1.165) is 29.1 Å². The van der Waals surface area contributed by atoms with E-state index >= 15 is 0 Å². The molecule has 17 heavy (non-hydrogen) atoms. The number of thioether (sulfide) groups is 1. The topological polar surface area (TPSA) is 37.8 Å². The molecule has 0 amide bonds. The second-order valence-electron chi connectivity index (χ2n) is 4.66. The number of nitrogens with one attached hydrogen (secondary N) is 1. The molecule has 1 aromatic heterocycles. The molecule has 1 aliphatic carbocycles. The van der Waals surface area contributed by atoms with Gasteiger partial charge in [-0.3, -0.25) is 0 Å². The van der Waals surface area contributed by atoms with E-state index in [1.165, 1.54) is 31.4 Å². The van der Waals surface area contributed by atoms with Crippen LogP contribution in [0.3, 0.4) is 0 Å². The van der Waals surface area contributed by atoms with Crippen molar-refractivity contribution in [1.29, 1.82) is 0 Å². The lowest BCUT2D eigenvalue weighted by Crippen LogP contribution is -2.04. The van der Waals surface area contributed by atoms with Gasteiger partial charge in [0.05, 0.1) is 0 Å². The van der Waals surface area contributed by atoms with Crippen LogP contribution in [0.4, 0.5) is 5.95 Å². The van der Waals surface area contributed by atoms with Gasteiger partial charge in [0.15, 0.2) is 0 Å². The summed E-state index contributed by atoms with van der Waals surface area (Å²) in [7, 11) is 0. The Balaban J connectivity index is 1.94. The molecule has 94 valence electrons. The zero-order chi connectivity index (χ0) is 12.1. The fourth-order valence-electron chi connectivity index (χ4n) is 2.23. The highest BCUT2D eigenvalue weighted by Crippen LogP contribution is 2.30. The molecule has 0 atom stereocenters. The van der Waals surface area contributed by atoms with Crippen molar-refractivity contribution in [3.05, 3.63) is 11.8 Å². The highest BCUT2D eigenvalue weighted by Gasteiger charge is 2.15. The summed E-state index contributed by atoms with van der Waals surface area (Å²) in [5.41, 5.74) is 1.05. The van der Waals surface area contributed by atoms with Crippen molar-refractivity contribution in [3.63, 3.8) is 0 Å². The van der Waals surface area contributed by atoms with Crippen molar-refractivity contribution in [2.24, 2.45) is 5.92 Å². The first-order valence-electron chi connectivity index (χ1n) is 6.50. The summed E-state index contributed by atoms with van der Waals surface area (Å²) in [5.74, 6) is 2.88. The van der Waals surface area contributed by atoms with Crippen molar-refractivity contribution in [2.45, 2.75) is 44.6 Å². The van der Waals surface area contributed by atoms with Gasteiger partial charge in [0.2, 0.25) is 5.95 Å². The van der Waals surface area contributed by atoms with Crippen LogP contribution in [0.2, 0.25) is 0 Å². The average Bonchev–Trinajstić information content (AvgIpc) is 2.79. The summed E-state index contributed by atoms with van der Waals surface area (Å²) >= 11 is 1.88. The van der Waals surface area contributed by atoms with E-state index in [-0.39, 0.29) is 0 Å². The normalized spacial score (nSPS) is 16.4. The number of rotatable bonds is 5. The fourth-order valence-corrected chi connectivity index (χ4v) is 3.38. The van der Waals surface area contributed by atoms with Crippen molar-refractivity contribution < 1.29 is 0 Å². The van der Waals surface area contributed by atoms with Crippen LogP contribution in [0.5, 0.6) is 0 Å². The van der Waals surface area contributed by atoms with Crippen LogP contribution in [-0.2, 0) is 0 Å². The molecule has 1 fully saturated rings. The number of nitrogens with zero attached hydrogens (tertiary/aromatic N) is 2. The van der Waals surface area contributed by atoms with E-state index in [4.69, 9.17) is 0 Å². The Bertz CT molecular complexity index is 362. The highest BCUT2D eigenvalue weighted by molar-refractivity contribution is 7.99. The third-order valence-electron chi connectivity index (χ3n) is 3.11. The number of hydrogen-bond acceptors (Lipinski definition) is 4. The Labute approximate surface area is 108 Å². The van der Waals surface area contributed by atoms with E-state index in [1.54, 1.807) is 0 Å². The minimum atomic E-state index is 0.765. The van der Waals surface area contributed by atoms with Crippen LogP contribution in [0, 0.1) is 12.8 Å². The molecule has 4 heteroatoms. The molecule has 1 N–H and O–H groups in total. The predicted octanol–water partition coefficient (Wildman–Crippen LogP) is 3.50. The van der Waals surface area contributed by atoms with Crippen molar-refractivity contribution >= 4 is 17.7 Å². The lowest BCUT2D eigenvalue weighted by Gasteiger charge is -2.09. The lowest BCUT2D eigenvalue weighted by molar-refractivity contribution is 0.623. The van der Waals surface area contributed by atoms with Crippen LogP contribution in [0.25, 0.3) is 0 Å². The van der Waals surface area contributed by atoms with E-state index < -0.39 is 0 Å². The molecule has 0 spiro atoms. The lowest BCUT2D eigenvalue weighted by atomic mass is 10.1. The minimum absolute atomic E-state index is 0.765. The Morgan fingerprint density at radius 2 is 2.12 bits per heavy atom. The van der Waals surface area contributed by atoms with E-state index in [1.807, 2.05) is 18.7 Å². The number of anilines is 1. The number of aromatic nitrogens is 2. The first-order valence-corrected chi connectivity index (χ1v) is 7.49. The van der Waals surface area contributed by atoms with Crippen molar-refractivity contribution in [2.75, 3.05) is 17.6 Å². The molecule has 1 aromatic rings. The molecule has 3 nitrogen and oxygen atoms in total. The SMILES string of the molecule is CCNc1nc(C)cc(SCC2CCCC2)n1. The summed E-state index contributed by atoms with van der Waals surface area (Å²) in [6.45, 7) is 4.97. The molecule has 0 bridgehead atoms. The van der Waals surface area contributed by atoms with E-state index in [0.29, 0.717) is 0 Å². The Hall–Kier alpha value is -0.770. The van der Waals surface area contributed by atoms with Gasteiger partial charge in [-0.15, -0.1) is 11.8 Å². The second kappa shape index (κ2) is 6.24. The van der Waals surface area contributed by atoms with Crippen LogP contribution >= 0.6 is 11.8 Å². The number of aryl methyl sites for hydroxylation is 1. The third-order valence-corrected chi connectivity index (χ3v) is 4.25. The largest absolute Gasteiger partial charge is 0.354 e. The van der Waals surface area contributed by atoms with Crippen LogP contribution in [0.1, 0.15) is 38.3 Å². The zero-order valence-corrected chi connectivity index (χ0v) is 11.5. The standard InChI is InChI=1S/C13H21N3S/c1-3-14-13-15-10(2)8-12(16-13)17-9-11-6-4-5-7-11/h8,11H,3-7,9H2,1-2H3,(H,14,15,16). The minimum Gasteiger partial charge on any atom is -0.354 e. The molecule has 1 saturated carbocycles. The quantitative estimate of drug-likeness (QED) is 0.642. The van der Waals surface area contributed by atoms with Gasteiger partial charge in [0, 0.05) is 18.0 Å². The molecule has 1 heterocycles. The Kier molecular flexibility index (Phi) is 4.66. The zero-order valence-electron chi connectivity index (χ0n) is 10.7. The molecular formula is C13H21N3S. The first kappa shape index (κ1) is 12.7. The summed E-state index contributed by atoms with van der Waals surface area (Å²) in [6.07, 6.45) is 5.63. The molecule has 1 aliphatic rings. The Morgan fingerprint density at radius 3 is 2.82 bits per heavy atom. The van der Waals surface area contributed by atoms with Gasteiger partial charge in [-0.05, 0) is 38.7 Å². The van der Waals surface area contributed by atoms with E-state index in [2.05, 4.69) is 28.3 Å². The smallest absolute Gasteiger partial charge is 0.223 e. The molecule has 2 rings (SSSR count). The van der Waals surface area contributed by atoms with Gasteiger partial charge in [0.1, 0.15) is 5.03 Å². The van der Waals surface area contributed by atoms with Gasteiger partial charge < -0.3 is 5.32 Å². The average molecular weight is 251 g/mol.